The number of aliphatic hydroxyl groups is 1. The van der Waals surface area contributed by atoms with Crippen LogP contribution in [0.15, 0.2) is 35.3 Å². The van der Waals surface area contributed by atoms with E-state index in [1.165, 1.54) is 0 Å². The van der Waals surface area contributed by atoms with Gasteiger partial charge in [-0.05, 0) is 34.8 Å². The van der Waals surface area contributed by atoms with Gasteiger partial charge in [0.25, 0.3) is 0 Å². The topological polar surface area (TPSA) is 67.1 Å². The summed E-state index contributed by atoms with van der Waals surface area (Å²) in [5.74, 6) is 0. The molecule has 1 N–H and O–H groups in total. The minimum atomic E-state index is -0.783. The first-order valence-corrected chi connectivity index (χ1v) is 7.36. The lowest BCUT2D eigenvalue weighted by Crippen LogP contribution is -2.50. The Bertz CT molecular complexity index is 576. The molecule has 1 saturated heterocycles. The van der Waals surface area contributed by atoms with Gasteiger partial charge < -0.3 is 10.0 Å². The van der Waals surface area contributed by atoms with E-state index in [-0.39, 0.29) is 0 Å². The molecule has 1 unspecified atom stereocenters. The summed E-state index contributed by atoms with van der Waals surface area (Å²) >= 11 is 3.43. The number of rotatable bonds is 3. The van der Waals surface area contributed by atoms with E-state index in [0.717, 1.165) is 29.5 Å². The number of halogens is 1. The van der Waals surface area contributed by atoms with Crippen molar-refractivity contribution in [2.45, 2.75) is 25.0 Å². The summed E-state index contributed by atoms with van der Waals surface area (Å²) in [4.78, 5) is 6.35. The molecule has 0 spiro atoms. The summed E-state index contributed by atoms with van der Waals surface area (Å²) in [5, 5.41) is 18.5. The molecular weight excluding hydrogens is 322 g/mol. The van der Waals surface area contributed by atoms with Crippen molar-refractivity contribution in [3.63, 3.8) is 0 Å². The average Bonchev–Trinajstić information content (AvgIpc) is 2.91. The van der Waals surface area contributed by atoms with Gasteiger partial charge in [0.05, 0.1) is 24.6 Å². The molecule has 1 fully saturated rings. The van der Waals surface area contributed by atoms with Crippen LogP contribution in [0.3, 0.4) is 0 Å². The van der Waals surface area contributed by atoms with E-state index in [9.17, 15) is 5.11 Å². The Balaban J connectivity index is 1.75. The van der Waals surface area contributed by atoms with E-state index >= 15 is 0 Å². The van der Waals surface area contributed by atoms with Gasteiger partial charge in [-0.15, -0.1) is 5.10 Å². The predicted molar refractivity (Wildman–Crippen MR) is 78.4 cm³/mol. The highest BCUT2D eigenvalue weighted by atomic mass is 79.9. The van der Waals surface area contributed by atoms with Crippen LogP contribution in [0.4, 0.5) is 5.69 Å². The van der Waals surface area contributed by atoms with Crippen molar-refractivity contribution in [2.24, 2.45) is 0 Å². The van der Waals surface area contributed by atoms with Crippen molar-refractivity contribution in [2.75, 3.05) is 18.0 Å². The van der Waals surface area contributed by atoms with E-state index in [0.29, 0.717) is 13.1 Å². The summed E-state index contributed by atoms with van der Waals surface area (Å²) in [6.07, 6.45) is 8.70. The molecule has 20 heavy (non-hydrogen) atoms. The molecule has 2 aromatic rings. The Morgan fingerprint density at radius 1 is 1.40 bits per heavy atom. The third kappa shape index (κ3) is 2.99. The number of hydrogen-bond acceptors (Lipinski definition) is 5. The molecule has 0 aliphatic carbocycles. The molecule has 3 heterocycles. The van der Waals surface area contributed by atoms with Crippen LogP contribution in [-0.4, -0.2) is 43.8 Å². The third-order valence-corrected chi connectivity index (χ3v) is 3.97. The van der Waals surface area contributed by atoms with Gasteiger partial charge in [-0.1, -0.05) is 5.21 Å². The Morgan fingerprint density at radius 2 is 2.30 bits per heavy atom. The second kappa shape index (κ2) is 5.49. The van der Waals surface area contributed by atoms with Crippen LogP contribution < -0.4 is 4.90 Å². The van der Waals surface area contributed by atoms with Crippen LogP contribution >= 0.6 is 15.9 Å². The first-order valence-electron chi connectivity index (χ1n) is 6.57. The van der Waals surface area contributed by atoms with E-state index in [4.69, 9.17) is 0 Å². The number of pyridine rings is 1. The van der Waals surface area contributed by atoms with Gasteiger partial charge >= 0.3 is 0 Å². The second-order valence-corrected chi connectivity index (χ2v) is 6.13. The highest BCUT2D eigenvalue weighted by Crippen LogP contribution is 2.28. The van der Waals surface area contributed by atoms with Crippen LogP contribution in [-0.2, 0) is 6.54 Å². The molecule has 1 atom stereocenters. The second-order valence-electron chi connectivity index (χ2n) is 5.21. The molecule has 0 radical (unpaired) electrons. The van der Waals surface area contributed by atoms with Crippen LogP contribution in [0.5, 0.6) is 0 Å². The predicted octanol–water partition coefficient (Wildman–Crippen LogP) is 1.47. The molecule has 1 aliphatic rings. The minimum absolute atomic E-state index is 0.463. The van der Waals surface area contributed by atoms with Crippen molar-refractivity contribution < 1.29 is 5.11 Å². The third-order valence-electron chi connectivity index (χ3n) is 3.54. The number of β-amino-alcohol motifs (C(OH)–C–C–N with tert-alkyl or cyclic N) is 1. The van der Waals surface area contributed by atoms with Gasteiger partial charge in [0.1, 0.15) is 5.60 Å². The van der Waals surface area contributed by atoms with Gasteiger partial charge in [0.2, 0.25) is 0 Å². The minimum Gasteiger partial charge on any atom is -0.386 e. The largest absolute Gasteiger partial charge is 0.386 e. The summed E-state index contributed by atoms with van der Waals surface area (Å²) in [6, 6.07) is 2.02. The van der Waals surface area contributed by atoms with Crippen molar-refractivity contribution in [1.29, 1.82) is 0 Å². The molecule has 7 heteroatoms. The normalized spacial score (nSPS) is 23.0. The first kappa shape index (κ1) is 13.5. The summed E-state index contributed by atoms with van der Waals surface area (Å²) < 4.78 is 2.63. The molecule has 0 aromatic carbocycles. The average molecular weight is 338 g/mol. The van der Waals surface area contributed by atoms with Crippen LogP contribution in [0.25, 0.3) is 0 Å². The van der Waals surface area contributed by atoms with Crippen LogP contribution in [0.2, 0.25) is 0 Å². The Labute approximate surface area is 125 Å². The monoisotopic (exact) mass is 337 g/mol. The number of hydrogen-bond donors (Lipinski definition) is 1. The Kier molecular flexibility index (Phi) is 3.71. The van der Waals surface area contributed by atoms with Crippen LogP contribution in [0, 0.1) is 0 Å². The van der Waals surface area contributed by atoms with Crippen molar-refractivity contribution >= 4 is 21.6 Å². The number of piperidine rings is 1. The lowest BCUT2D eigenvalue weighted by molar-refractivity contribution is 0.00603. The number of aromatic nitrogens is 4. The highest BCUT2D eigenvalue weighted by Gasteiger charge is 2.34. The fourth-order valence-corrected chi connectivity index (χ4v) is 3.01. The zero-order valence-corrected chi connectivity index (χ0v) is 12.6. The highest BCUT2D eigenvalue weighted by molar-refractivity contribution is 9.10. The fourth-order valence-electron chi connectivity index (χ4n) is 2.65. The van der Waals surface area contributed by atoms with Gasteiger partial charge in [0, 0.05) is 30.0 Å². The zero-order valence-electron chi connectivity index (χ0n) is 11.0. The van der Waals surface area contributed by atoms with Gasteiger partial charge in [-0.25, -0.2) is 4.68 Å². The van der Waals surface area contributed by atoms with Crippen LogP contribution in [0.1, 0.15) is 12.8 Å². The molecule has 6 nitrogen and oxygen atoms in total. The quantitative estimate of drug-likeness (QED) is 0.918. The molecule has 1 aliphatic heterocycles. The molecular formula is C13H16BrN5O. The smallest absolute Gasteiger partial charge is 0.102 e. The zero-order chi connectivity index (χ0) is 14.0. The van der Waals surface area contributed by atoms with Crippen molar-refractivity contribution in [3.05, 3.63) is 35.3 Å². The standard InChI is InChI=1S/C13H16BrN5O/c14-11-6-12(8-15-7-11)18-4-1-2-13(20,9-18)10-19-5-3-16-17-19/h3,5-8,20H,1-2,4,9-10H2. The van der Waals surface area contributed by atoms with Crippen molar-refractivity contribution in [3.8, 4) is 0 Å². The summed E-state index contributed by atoms with van der Waals surface area (Å²) in [5.41, 5.74) is 0.241. The lowest BCUT2D eigenvalue weighted by atomic mass is 9.92. The lowest BCUT2D eigenvalue weighted by Gasteiger charge is -2.40. The first-order chi connectivity index (χ1) is 9.65. The maximum absolute atomic E-state index is 10.8. The van der Waals surface area contributed by atoms with Gasteiger partial charge in [-0.2, -0.15) is 0 Å². The Hall–Kier alpha value is -1.47. The van der Waals surface area contributed by atoms with Crippen molar-refractivity contribution in [1.82, 2.24) is 20.0 Å². The fraction of sp³-hybridized carbons (Fsp3) is 0.462. The molecule has 0 amide bonds. The molecule has 2 aromatic heterocycles. The summed E-state index contributed by atoms with van der Waals surface area (Å²) in [7, 11) is 0. The maximum atomic E-state index is 10.8. The van der Waals surface area contributed by atoms with E-state index < -0.39 is 5.60 Å². The number of nitrogens with zero attached hydrogens (tertiary/aromatic N) is 5. The van der Waals surface area contributed by atoms with E-state index in [1.54, 1.807) is 23.3 Å². The van der Waals surface area contributed by atoms with Gasteiger partial charge in [-0.3, -0.25) is 4.98 Å². The Morgan fingerprint density at radius 3 is 3.05 bits per heavy atom. The summed E-state index contributed by atoms with van der Waals surface area (Å²) in [6.45, 7) is 1.97. The molecule has 106 valence electrons. The van der Waals surface area contributed by atoms with E-state index in [1.807, 2.05) is 12.3 Å². The molecule has 0 bridgehead atoms. The SMILES string of the molecule is OC1(Cn2ccnn2)CCCN(c2cncc(Br)c2)C1. The van der Waals surface area contributed by atoms with E-state index in [2.05, 4.69) is 36.1 Å². The molecule has 0 saturated carbocycles. The van der Waals surface area contributed by atoms with Gasteiger partial charge in [0.15, 0.2) is 0 Å². The number of anilines is 1. The maximum Gasteiger partial charge on any atom is 0.102 e. The molecule has 3 rings (SSSR count).